The fourth-order valence-electron chi connectivity index (χ4n) is 2.98. The van der Waals surface area contributed by atoms with Crippen molar-refractivity contribution in [3.63, 3.8) is 0 Å². The molecule has 1 atom stereocenters. The summed E-state index contributed by atoms with van der Waals surface area (Å²) in [4.78, 5) is 0. The first kappa shape index (κ1) is 13.1. The van der Waals surface area contributed by atoms with Crippen LogP contribution in [0.15, 0.2) is 30.3 Å². The molecule has 1 unspecified atom stereocenters. The summed E-state index contributed by atoms with van der Waals surface area (Å²) in [6.45, 7) is 2.06. The minimum atomic E-state index is 0.540. The highest BCUT2D eigenvalue weighted by molar-refractivity contribution is 5.21. The minimum absolute atomic E-state index is 0.540. The van der Waals surface area contributed by atoms with Crippen LogP contribution >= 0.6 is 0 Å². The Hall–Kier alpha value is -0.860. The maximum Gasteiger partial charge on any atom is 0.0468 e. The molecule has 2 nitrogen and oxygen atoms in total. The maximum atomic E-state index is 5.24. The van der Waals surface area contributed by atoms with Crippen LogP contribution in [-0.4, -0.2) is 20.3 Å². The SMILES string of the molecule is COCCC1(CNC(c2ccccc2)C2CC2)CC1. The summed E-state index contributed by atoms with van der Waals surface area (Å²) in [5, 5.41) is 3.85. The standard InChI is InChI=1S/C17H25NO/c1-19-12-11-17(9-10-17)13-18-16(15-7-8-15)14-5-3-2-4-6-14/h2-6,15-16,18H,7-13H2,1H3. The van der Waals surface area contributed by atoms with Crippen molar-refractivity contribution in [1.29, 1.82) is 0 Å². The van der Waals surface area contributed by atoms with E-state index in [0.717, 1.165) is 19.1 Å². The van der Waals surface area contributed by atoms with Crippen LogP contribution in [0.25, 0.3) is 0 Å². The Bertz CT molecular complexity index is 395. The number of methoxy groups -OCH3 is 1. The lowest BCUT2D eigenvalue weighted by Crippen LogP contribution is -2.30. The van der Waals surface area contributed by atoms with E-state index in [-0.39, 0.29) is 0 Å². The van der Waals surface area contributed by atoms with E-state index in [9.17, 15) is 0 Å². The van der Waals surface area contributed by atoms with Crippen molar-refractivity contribution in [2.24, 2.45) is 11.3 Å². The molecule has 0 radical (unpaired) electrons. The molecule has 1 N–H and O–H groups in total. The summed E-state index contributed by atoms with van der Waals surface area (Å²) >= 11 is 0. The summed E-state index contributed by atoms with van der Waals surface area (Å²) in [6.07, 6.45) is 6.73. The summed E-state index contributed by atoms with van der Waals surface area (Å²) in [7, 11) is 1.81. The number of ether oxygens (including phenoxy) is 1. The summed E-state index contributed by atoms with van der Waals surface area (Å²) in [5.41, 5.74) is 2.00. The van der Waals surface area contributed by atoms with Crippen LogP contribution in [-0.2, 0) is 4.74 Å². The van der Waals surface area contributed by atoms with E-state index < -0.39 is 0 Å². The average molecular weight is 259 g/mol. The van der Waals surface area contributed by atoms with Gasteiger partial charge in [0.25, 0.3) is 0 Å². The van der Waals surface area contributed by atoms with E-state index in [1.165, 1.54) is 37.7 Å². The normalized spacial score (nSPS) is 22.2. The quantitative estimate of drug-likeness (QED) is 0.771. The summed E-state index contributed by atoms with van der Waals surface area (Å²) < 4.78 is 5.24. The number of hydrogen-bond donors (Lipinski definition) is 1. The van der Waals surface area contributed by atoms with Gasteiger partial charge in [-0.15, -0.1) is 0 Å². The Morgan fingerprint density at radius 2 is 2.00 bits per heavy atom. The number of rotatable bonds is 8. The Kier molecular flexibility index (Phi) is 3.90. The minimum Gasteiger partial charge on any atom is -0.385 e. The molecule has 0 heterocycles. The van der Waals surface area contributed by atoms with Crippen molar-refractivity contribution in [3.05, 3.63) is 35.9 Å². The maximum absolute atomic E-state index is 5.24. The first-order chi connectivity index (χ1) is 9.33. The zero-order valence-electron chi connectivity index (χ0n) is 11.9. The number of nitrogens with one attached hydrogen (secondary N) is 1. The van der Waals surface area contributed by atoms with Crippen molar-refractivity contribution in [1.82, 2.24) is 5.32 Å². The Morgan fingerprint density at radius 1 is 1.26 bits per heavy atom. The fourth-order valence-corrected chi connectivity index (χ4v) is 2.98. The molecule has 2 saturated carbocycles. The van der Waals surface area contributed by atoms with Gasteiger partial charge in [0.2, 0.25) is 0 Å². The molecular weight excluding hydrogens is 234 g/mol. The third-order valence-corrected chi connectivity index (χ3v) is 4.74. The van der Waals surface area contributed by atoms with E-state index in [2.05, 4.69) is 35.6 Å². The zero-order valence-corrected chi connectivity index (χ0v) is 11.9. The van der Waals surface area contributed by atoms with Gasteiger partial charge in [-0.25, -0.2) is 0 Å². The van der Waals surface area contributed by atoms with E-state index in [0.29, 0.717) is 11.5 Å². The average Bonchev–Trinajstić information content (AvgIpc) is 3.34. The molecule has 3 rings (SSSR count). The van der Waals surface area contributed by atoms with Gasteiger partial charge in [0, 0.05) is 26.3 Å². The highest BCUT2D eigenvalue weighted by atomic mass is 16.5. The molecule has 2 aliphatic rings. The molecule has 2 aliphatic carbocycles. The molecule has 1 aromatic carbocycles. The molecular formula is C17H25NO. The summed E-state index contributed by atoms with van der Waals surface area (Å²) in [5.74, 6) is 0.862. The van der Waals surface area contributed by atoms with Crippen LogP contribution in [0.5, 0.6) is 0 Å². The predicted octanol–water partition coefficient (Wildman–Crippen LogP) is 3.54. The van der Waals surface area contributed by atoms with Gasteiger partial charge in [-0.05, 0) is 49.0 Å². The van der Waals surface area contributed by atoms with Crippen LogP contribution in [0.1, 0.15) is 43.7 Å². The number of benzene rings is 1. The van der Waals surface area contributed by atoms with Gasteiger partial charge in [0.1, 0.15) is 0 Å². The molecule has 104 valence electrons. The summed E-state index contributed by atoms with van der Waals surface area (Å²) in [6, 6.07) is 11.5. The highest BCUT2D eigenvalue weighted by Gasteiger charge is 2.43. The van der Waals surface area contributed by atoms with Gasteiger partial charge in [-0.2, -0.15) is 0 Å². The van der Waals surface area contributed by atoms with Crippen molar-refractivity contribution in [3.8, 4) is 0 Å². The highest BCUT2D eigenvalue weighted by Crippen LogP contribution is 2.49. The van der Waals surface area contributed by atoms with Crippen LogP contribution in [0, 0.1) is 11.3 Å². The largest absolute Gasteiger partial charge is 0.385 e. The van der Waals surface area contributed by atoms with Crippen molar-refractivity contribution >= 4 is 0 Å². The van der Waals surface area contributed by atoms with Gasteiger partial charge >= 0.3 is 0 Å². The van der Waals surface area contributed by atoms with Gasteiger partial charge in [0.05, 0.1) is 0 Å². The Morgan fingerprint density at radius 3 is 2.58 bits per heavy atom. The molecule has 0 aliphatic heterocycles. The molecule has 19 heavy (non-hydrogen) atoms. The van der Waals surface area contributed by atoms with Crippen molar-refractivity contribution < 1.29 is 4.74 Å². The van der Waals surface area contributed by atoms with Gasteiger partial charge in [0.15, 0.2) is 0 Å². The first-order valence-electron chi connectivity index (χ1n) is 7.60. The molecule has 0 spiro atoms. The van der Waals surface area contributed by atoms with Crippen LogP contribution in [0.4, 0.5) is 0 Å². The monoisotopic (exact) mass is 259 g/mol. The Balaban J connectivity index is 1.57. The molecule has 0 aromatic heterocycles. The zero-order chi connectivity index (χ0) is 13.1. The predicted molar refractivity (Wildman–Crippen MR) is 78.1 cm³/mol. The fraction of sp³-hybridized carbons (Fsp3) is 0.647. The lowest BCUT2D eigenvalue weighted by atomic mass is 9.99. The smallest absolute Gasteiger partial charge is 0.0468 e. The molecule has 0 saturated heterocycles. The molecule has 2 heteroatoms. The van der Waals surface area contributed by atoms with Crippen molar-refractivity contribution in [2.45, 2.75) is 38.1 Å². The third kappa shape index (κ3) is 3.37. The molecule has 2 fully saturated rings. The van der Waals surface area contributed by atoms with E-state index in [4.69, 9.17) is 4.74 Å². The second-order valence-electron chi connectivity index (χ2n) is 6.35. The van der Waals surface area contributed by atoms with Crippen molar-refractivity contribution in [2.75, 3.05) is 20.3 Å². The number of hydrogen-bond acceptors (Lipinski definition) is 2. The molecule has 0 bridgehead atoms. The second kappa shape index (κ2) is 5.64. The van der Waals surface area contributed by atoms with Crippen LogP contribution in [0.2, 0.25) is 0 Å². The molecule has 0 amide bonds. The van der Waals surface area contributed by atoms with Crippen LogP contribution < -0.4 is 5.32 Å². The van der Waals surface area contributed by atoms with E-state index >= 15 is 0 Å². The lowest BCUT2D eigenvalue weighted by molar-refractivity contribution is 0.169. The van der Waals surface area contributed by atoms with Crippen LogP contribution in [0.3, 0.4) is 0 Å². The van der Waals surface area contributed by atoms with E-state index in [1.54, 1.807) is 7.11 Å². The van der Waals surface area contributed by atoms with Gasteiger partial charge < -0.3 is 10.1 Å². The Labute approximate surface area is 116 Å². The lowest BCUT2D eigenvalue weighted by Gasteiger charge is -2.23. The second-order valence-corrected chi connectivity index (χ2v) is 6.35. The molecule has 1 aromatic rings. The van der Waals surface area contributed by atoms with E-state index in [1.807, 2.05) is 0 Å². The van der Waals surface area contributed by atoms with Gasteiger partial charge in [-0.3, -0.25) is 0 Å². The van der Waals surface area contributed by atoms with Gasteiger partial charge in [-0.1, -0.05) is 30.3 Å². The topological polar surface area (TPSA) is 21.3 Å². The third-order valence-electron chi connectivity index (χ3n) is 4.74. The first-order valence-corrected chi connectivity index (χ1v) is 7.60.